The number of hydrogen-bond donors (Lipinski definition) is 2. The lowest BCUT2D eigenvalue weighted by Gasteiger charge is -2.08. The first-order valence-corrected chi connectivity index (χ1v) is 10.5. The van der Waals surface area contributed by atoms with Gasteiger partial charge in [0.25, 0.3) is 0 Å². The lowest BCUT2D eigenvalue weighted by atomic mass is 10.0. The SMILES string of the molecule is COc1ccc2cc(-c3oc4cc(C)oc(=O)c4c3CC(=O)NCCNC(C)=O)ccc2c1. The van der Waals surface area contributed by atoms with Crippen LogP contribution >= 0.6 is 0 Å². The first kappa shape index (κ1) is 22.1. The van der Waals surface area contributed by atoms with Crippen LogP contribution in [0.15, 0.2) is 56.1 Å². The van der Waals surface area contributed by atoms with Crippen LogP contribution in [0.25, 0.3) is 33.1 Å². The van der Waals surface area contributed by atoms with Gasteiger partial charge >= 0.3 is 5.63 Å². The summed E-state index contributed by atoms with van der Waals surface area (Å²) < 4.78 is 16.6. The molecule has 0 unspecified atom stereocenters. The molecule has 8 heteroatoms. The Balaban J connectivity index is 1.74. The van der Waals surface area contributed by atoms with E-state index >= 15 is 0 Å². The van der Waals surface area contributed by atoms with E-state index in [9.17, 15) is 14.4 Å². The van der Waals surface area contributed by atoms with Crippen molar-refractivity contribution in [3.8, 4) is 17.1 Å². The van der Waals surface area contributed by atoms with Gasteiger partial charge < -0.3 is 24.2 Å². The summed E-state index contributed by atoms with van der Waals surface area (Å²) in [6, 6.07) is 13.1. The average molecular weight is 448 g/mol. The van der Waals surface area contributed by atoms with E-state index in [0.717, 1.165) is 22.1 Å². The Labute approximate surface area is 189 Å². The number of carbonyl (C=O) groups excluding carboxylic acids is 2. The molecule has 0 atom stereocenters. The predicted molar refractivity (Wildman–Crippen MR) is 124 cm³/mol. The topological polar surface area (TPSA) is 111 Å². The number of rotatable bonds is 7. The fourth-order valence-electron chi connectivity index (χ4n) is 3.78. The number of carbonyl (C=O) groups is 2. The van der Waals surface area contributed by atoms with Crippen LogP contribution in [0, 0.1) is 6.92 Å². The Hall–Kier alpha value is -4.07. The molecular formula is C25H24N2O6. The van der Waals surface area contributed by atoms with Crippen molar-refractivity contribution < 1.29 is 23.2 Å². The molecular weight excluding hydrogens is 424 g/mol. The van der Waals surface area contributed by atoms with Gasteiger partial charge in [-0.15, -0.1) is 0 Å². The van der Waals surface area contributed by atoms with Crippen molar-refractivity contribution in [1.82, 2.24) is 10.6 Å². The molecule has 33 heavy (non-hydrogen) atoms. The highest BCUT2D eigenvalue weighted by atomic mass is 16.5. The molecule has 0 saturated carbocycles. The Kier molecular flexibility index (Phi) is 6.17. The maximum atomic E-state index is 12.6. The summed E-state index contributed by atoms with van der Waals surface area (Å²) in [6.07, 6.45) is -0.0725. The highest BCUT2D eigenvalue weighted by Crippen LogP contribution is 2.35. The third-order valence-corrected chi connectivity index (χ3v) is 5.29. The van der Waals surface area contributed by atoms with Crippen molar-refractivity contribution in [2.45, 2.75) is 20.3 Å². The van der Waals surface area contributed by atoms with Gasteiger partial charge in [-0.2, -0.15) is 0 Å². The van der Waals surface area contributed by atoms with Crippen LogP contribution < -0.4 is 21.0 Å². The van der Waals surface area contributed by atoms with Crippen LogP contribution in [0.5, 0.6) is 5.75 Å². The molecule has 0 aliphatic heterocycles. The van der Waals surface area contributed by atoms with Crippen molar-refractivity contribution >= 4 is 33.6 Å². The molecule has 0 bridgehead atoms. The van der Waals surface area contributed by atoms with E-state index in [1.807, 2.05) is 36.4 Å². The molecule has 2 amide bonds. The second-order valence-corrected chi connectivity index (χ2v) is 7.73. The zero-order chi connectivity index (χ0) is 23.5. The van der Waals surface area contributed by atoms with E-state index in [4.69, 9.17) is 13.6 Å². The molecule has 2 N–H and O–H groups in total. The summed E-state index contributed by atoms with van der Waals surface area (Å²) in [5, 5.41) is 7.57. The fraction of sp³-hybridized carbons (Fsp3) is 0.240. The van der Waals surface area contributed by atoms with Gasteiger partial charge in [-0.1, -0.05) is 18.2 Å². The molecule has 2 aromatic carbocycles. The molecule has 4 rings (SSSR count). The van der Waals surface area contributed by atoms with Crippen molar-refractivity contribution in [2.24, 2.45) is 0 Å². The number of nitrogens with one attached hydrogen (secondary N) is 2. The highest BCUT2D eigenvalue weighted by molar-refractivity contribution is 5.95. The quantitative estimate of drug-likeness (QED) is 0.420. The molecule has 4 aromatic rings. The lowest BCUT2D eigenvalue weighted by molar-refractivity contribution is -0.121. The molecule has 0 radical (unpaired) electrons. The summed E-state index contributed by atoms with van der Waals surface area (Å²) in [6.45, 7) is 3.66. The van der Waals surface area contributed by atoms with E-state index in [0.29, 0.717) is 29.2 Å². The van der Waals surface area contributed by atoms with Crippen LogP contribution in [-0.2, 0) is 16.0 Å². The van der Waals surface area contributed by atoms with Crippen molar-refractivity contribution in [3.63, 3.8) is 0 Å². The van der Waals surface area contributed by atoms with E-state index < -0.39 is 5.63 Å². The highest BCUT2D eigenvalue weighted by Gasteiger charge is 2.22. The van der Waals surface area contributed by atoms with Crippen LogP contribution in [0.4, 0.5) is 0 Å². The molecule has 0 spiro atoms. The molecule has 0 aliphatic carbocycles. The Morgan fingerprint density at radius 3 is 2.45 bits per heavy atom. The van der Waals surface area contributed by atoms with Crippen molar-refractivity contribution in [3.05, 3.63) is 64.2 Å². The molecule has 8 nitrogen and oxygen atoms in total. The fourth-order valence-corrected chi connectivity index (χ4v) is 3.78. The first-order valence-electron chi connectivity index (χ1n) is 10.5. The second kappa shape index (κ2) is 9.20. The summed E-state index contributed by atoms with van der Waals surface area (Å²) in [4.78, 5) is 36.3. The minimum absolute atomic E-state index is 0.0725. The predicted octanol–water partition coefficient (Wildman–Crippen LogP) is 3.32. The third-order valence-electron chi connectivity index (χ3n) is 5.29. The molecule has 2 heterocycles. The van der Waals surface area contributed by atoms with Crippen molar-refractivity contribution in [2.75, 3.05) is 20.2 Å². The number of benzene rings is 2. The Morgan fingerprint density at radius 2 is 1.70 bits per heavy atom. The number of amides is 2. The van der Waals surface area contributed by atoms with Crippen LogP contribution in [0.1, 0.15) is 18.2 Å². The van der Waals surface area contributed by atoms with Gasteiger partial charge in [0.05, 0.1) is 13.5 Å². The van der Waals surface area contributed by atoms with Crippen molar-refractivity contribution in [1.29, 1.82) is 0 Å². The normalized spacial score (nSPS) is 11.0. The number of fused-ring (bicyclic) bond motifs is 2. The number of aryl methyl sites for hydroxylation is 1. The lowest BCUT2D eigenvalue weighted by Crippen LogP contribution is -2.34. The van der Waals surface area contributed by atoms with Crippen LogP contribution in [-0.4, -0.2) is 32.0 Å². The molecule has 0 fully saturated rings. The largest absolute Gasteiger partial charge is 0.497 e. The summed E-state index contributed by atoms with van der Waals surface area (Å²) >= 11 is 0. The number of furan rings is 1. The maximum absolute atomic E-state index is 12.6. The van der Waals surface area contributed by atoms with E-state index in [2.05, 4.69) is 10.6 Å². The number of ether oxygens (including phenoxy) is 1. The number of hydrogen-bond acceptors (Lipinski definition) is 6. The third kappa shape index (κ3) is 4.74. The van der Waals surface area contributed by atoms with Gasteiger partial charge in [-0.25, -0.2) is 4.79 Å². The molecule has 2 aromatic heterocycles. The monoisotopic (exact) mass is 448 g/mol. The smallest absolute Gasteiger partial charge is 0.347 e. The molecule has 0 aliphatic rings. The van der Waals surface area contributed by atoms with Gasteiger partial charge in [0, 0.05) is 37.2 Å². The van der Waals surface area contributed by atoms with Crippen LogP contribution in [0.3, 0.4) is 0 Å². The van der Waals surface area contributed by atoms with Gasteiger partial charge in [-0.3, -0.25) is 9.59 Å². The van der Waals surface area contributed by atoms with E-state index in [1.54, 1.807) is 20.1 Å². The zero-order valence-electron chi connectivity index (χ0n) is 18.6. The molecule has 170 valence electrons. The Morgan fingerprint density at radius 1 is 0.970 bits per heavy atom. The van der Waals surface area contributed by atoms with Crippen LogP contribution in [0.2, 0.25) is 0 Å². The zero-order valence-corrected chi connectivity index (χ0v) is 18.6. The van der Waals surface area contributed by atoms with E-state index in [1.165, 1.54) is 6.92 Å². The minimum atomic E-state index is -0.549. The average Bonchev–Trinajstić information content (AvgIpc) is 3.13. The maximum Gasteiger partial charge on any atom is 0.347 e. The summed E-state index contributed by atoms with van der Waals surface area (Å²) in [5.41, 5.74) is 1.02. The van der Waals surface area contributed by atoms with Gasteiger partial charge in [0.1, 0.15) is 28.2 Å². The summed E-state index contributed by atoms with van der Waals surface area (Å²) in [7, 11) is 1.62. The first-order chi connectivity index (χ1) is 15.9. The standard InChI is InChI=1S/C25H24N2O6/c1-14-10-21-23(25(30)32-14)20(13-22(29)27-9-8-26-15(2)28)24(33-21)18-5-4-17-12-19(31-3)7-6-16(17)11-18/h4-7,10-12H,8-9,13H2,1-3H3,(H,26,28)(H,27,29). The number of methoxy groups -OCH3 is 1. The Bertz CT molecular complexity index is 1420. The molecule has 0 saturated heterocycles. The van der Waals surface area contributed by atoms with E-state index in [-0.39, 0.29) is 30.2 Å². The van der Waals surface area contributed by atoms with Gasteiger partial charge in [0.2, 0.25) is 11.8 Å². The van der Waals surface area contributed by atoms with Gasteiger partial charge in [0.15, 0.2) is 0 Å². The van der Waals surface area contributed by atoms with Gasteiger partial charge in [-0.05, 0) is 35.9 Å². The summed E-state index contributed by atoms with van der Waals surface area (Å²) in [5.74, 6) is 1.15. The second-order valence-electron chi connectivity index (χ2n) is 7.73. The minimum Gasteiger partial charge on any atom is -0.497 e.